The number of alkyl halides is 1. The van der Waals surface area contributed by atoms with Gasteiger partial charge >= 0.3 is 6.01 Å². The lowest BCUT2D eigenvalue weighted by molar-refractivity contribution is -0.0873. The van der Waals surface area contributed by atoms with E-state index in [1.54, 1.807) is 0 Å². The molecule has 0 saturated carbocycles. The van der Waals surface area contributed by atoms with Crippen LogP contribution in [0.2, 0.25) is 0 Å². The molecule has 9 nitrogen and oxygen atoms in total. The maximum atomic E-state index is 14.4. The summed E-state index contributed by atoms with van der Waals surface area (Å²) >= 11 is 0. The van der Waals surface area contributed by atoms with Crippen molar-refractivity contribution in [2.75, 3.05) is 56.6 Å². The molecule has 1 aromatic heterocycles. The van der Waals surface area contributed by atoms with Crippen LogP contribution in [0.3, 0.4) is 0 Å². The molecular formula is C31H39FN6O3. The van der Waals surface area contributed by atoms with E-state index in [0.29, 0.717) is 62.4 Å². The van der Waals surface area contributed by atoms with Crippen molar-refractivity contribution >= 4 is 11.5 Å². The smallest absolute Gasteiger partial charge is 0.318 e. The number of anilines is 2. The predicted molar refractivity (Wildman–Crippen MR) is 152 cm³/mol. The zero-order valence-electron chi connectivity index (χ0n) is 23.8. The van der Waals surface area contributed by atoms with Gasteiger partial charge in [0.05, 0.1) is 30.0 Å². The first-order chi connectivity index (χ1) is 19.9. The first-order valence-corrected chi connectivity index (χ1v) is 15.1. The zero-order valence-corrected chi connectivity index (χ0v) is 23.8. The molecule has 3 saturated heterocycles. The highest BCUT2D eigenvalue weighted by Crippen LogP contribution is 2.51. The number of nitriles is 1. The van der Waals surface area contributed by atoms with Crippen LogP contribution >= 0.6 is 0 Å². The second-order valence-corrected chi connectivity index (χ2v) is 12.6. The lowest BCUT2D eigenvalue weighted by atomic mass is 9.69. The Labute approximate surface area is 240 Å². The molecule has 3 fully saturated rings. The first kappa shape index (κ1) is 26.9. The number of halogens is 1. The fourth-order valence-electron chi connectivity index (χ4n) is 7.96. The SMILES string of the molecule is C[C@@H]1CC[C@]2(Cc3nc(OC[C@@]45CCCN4C[C@H](F)C5)nc(N4CCCOCC4)c3CO2)c2c1ccc(N)c2C#N. The van der Waals surface area contributed by atoms with Crippen molar-refractivity contribution in [2.24, 2.45) is 0 Å². The molecule has 41 heavy (non-hydrogen) atoms. The van der Waals surface area contributed by atoms with Gasteiger partial charge in [-0.25, -0.2) is 4.39 Å². The molecule has 218 valence electrons. The number of fused-ring (bicyclic) bond motifs is 4. The van der Waals surface area contributed by atoms with Crippen molar-refractivity contribution in [3.63, 3.8) is 0 Å². The molecule has 0 radical (unpaired) electrons. The molecule has 0 unspecified atom stereocenters. The van der Waals surface area contributed by atoms with E-state index < -0.39 is 11.8 Å². The number of benzene rings is 1. The van der Waals surface area contributed by atoms with Crippen molar-refractivity contribution < 1.29 is 18.6 Å². The van der Waals surface area contributed by atoms with Crippen LogP contribution in [0, 0.1) is 11.3 Å². The third-order valence-corrected chi connectivity index (χ3v) is 10.1. The number of nitrogens with two attached hydrogens (primary N) is 1. The summed E-state index contributed by atoms with van der Waals surface area (Å²) in [5.74, 6) is 1.14. The minimum absolute atomic E-state index is 0.280. The second-order valence-electron chi connectivity index (χ2n) is 12.6. The Balaban J connectivity index is 1.28. The zero-order chi connectivity index (χ0) is 28.2. The van der Waals surface area contributed by atoms with Crippen LogP contribution in [0.1, 0.15) is 79.3 Å². The Morgan fingerprint density at radius 3 is 2.98 bits per heavy atom. The largest absolute Gasteiger partial charge is 0.461 e. The van der Waals surface area contributed by atoms with E-state index in [-0.39, 0.29) is 5.54 Å². The average molecular weight is 563 g/mol. The molecular weight excluding hydrogens is 523 g/mol. The maximum absolute atomic E-state index is 14.4. The number of rotatable bonds is 4. The van der Waals surface area contributed by atoms with Gasteiger partial charge in [0.1, 0.15) is 30.3 Å². The van der Waals surface area contributed by atoms with Gasteiger partial charge in [-0.2, -0.15) is 15.2 Å². The molecule has 10 heteroatoms. The van der Waals surface area contributed by atoms with Gasteiger partial charge in [0.25, 0.3) is 0 Å². The highest BCUT2D eigenvalue weighted by Gasteiger charge is 2.50. The molecule has 1 aromatic carbocycles. The van der Waals surface area contributed by atoms with E-state index in [1.807, 2.05) is 6.07 Å². The minimum atomic E-state index is -0.816. The Morgan fingerprint density at radius 2 is 2.10 bits per heavy atom. The summed E-state index contributed by atoms with van der Waals surface area (Å²) in [6.45, 7) is 7.22. The summed E-state index contributed by atoms with van der Waals surface area (Å²) in [4.78, 5) is 14.5. The quantitative estimate of drug-likeness (QED) is 0.554. The number of nitrogen functional groups attached to an aromatic ring is 1. The van der Waals surface area contributed by atoms with Crippen LogP contribution in [0.25, 0.3) is 0 Å². The van der Waals surface area contributed by atoms with Crippen molar-refractivity contribution in [2.45, 2.75) is 81.7 Å². The summed E-state index contributed by atoms with van der Waals surface area (Å²) < 4.78 is 33.4. The van der Waals surface area contributed by atoms with E-state index in [4.69, 9.17) is 29.9 Å². The van der Waals surface area contributed by atoms with E-state index in [1.165, 1.54) is 0 Å². The molecule has 0 amide bonds. The van der Waals surface area contributed by atoms with E-state index in [2.05, 4.69) is 28.9 Å². The maximum Gasteiger partial charge on any atom is 0.318 e. The number of nitrogens with zero attached hydrogens (tertiary/aromatic N) is 5. The Bertz CT molecular complexity index is 1370. The highest BCUT2D eigenvalue weighted by molar-refractivity contribution is 5.64. The molecule has 4 atom stereocenters. The summed E-state index contributed by atoms with van der Waals surface area (Å²) in [5.41, 5.74) is 10.3. The topological polar surface area (TPSA) is 110 Å². The van der Waals surface area contributed by atoms with Gasteiger partial charge in [-0.3, -0.25) is 4.90 Å². The molecule has 2 aromatic rings. The van der Waals surface area contributed by atoms with Crippen LogP contribution < -0.4 is 15.4 Å². The Hall–Kier alpha value is -3.00. The van der Waals surface area contributed by atoms with Gasteiger partial charge in [-0.05, 0) is 56.2 Å². The van der Waals surface area contributed by atoms with E-state index in [0.717, 1.165) is 86.5 Å². The van der Waals surface area contributed by atoms with Gasteiger partial charge in [0.15, 0.2) is 0 Å². The molecule has 7 rings (SSSR count). The van der Waals surface area contributed by atoms with E-state index in [9.17, 15) is 9.65 Å². The number of hydrogen-bond acceptors (Lipinski definition) is 9. The highest BCUT2D eigenvalue weighted by atomic mass is 19.1. The van der Waals surface area contributed by atoms with Gasteiger partial charge in [-0.1, -0.05) is 13.0 Å². The summed E-state index contributed by atoms with van der Waals surface area (Å²) in [6, 6.07) is 6.61. The van der Waals surface area contributed by atoms with Gasteiger partial charge in [-0.15, -0.1) is 0 Å². The van der Waals surface area contributed by atoms with Crippen LogP contribution in [0.4, 0.5) is 15.9 Å². The lowest BCUT2D eigenvalue weighted by Gasteiger charge is -2.45. The third-order valence-electron chi connectivity index (χ3n) is 10.1. The molecule has 1 aliphatic carbocycles. The molecule has 5 heterocycles. The normalized spacial score (nSPS) is 31.3. The van der Waals surface area contributed by atoms with Crippen LogP contribution in [-0.4, -0.2) is 72.6 Å². The monoisotopic (exact) mass is 562 g/mol. The van der Waals surface area contributed by atoms with E-state index >= 15 is 0 Å². The lowest BCUT2D eigenvalue weighted by Crippen LogP contribution is -2.44. The molecule has 4 aliphatic heterocycles. The summed E-state index contributed by atoms with van der Waals surface area (Å²) in [5, 5.41) is 10.1. The van der Waals surface area contributed by atoms with Gasteiger partial charge < -0.3 is 24.8 Å². The fourth-order valence-corrected chi connectivity index (χ4v) is 7.96. The number of aromatic nitrogens is 2. The molecule has 1 spiro atoms. The molecule has 0 bridgehead atoms. The van der Waals surface area contributed by atoms with Crippen molar-refractivity contribution in [3.05, 3.63) is 40.1 Å². The minimum Gasteiger partial charge on any atom is -0.461 e. The van der Waals surface area contributed by atoms with Crippen LogP contribution in [-0.2, 0) is 28.1 Å². The Morgan fingerprint density at radius 1 is 1.20 bits per heavy atom. The van der Waals surface area contributed by atoms with Gasteiger partial charge in [0, 0.05) is 55.9 Å². The van der Waals surface area contributed by atoms with Crippen molar-refractivity contribution in [1.29, 1.82) is 5.26 Å². The first-order valence-electron chi connectivity index (χ1n) is 15.1. The number of hydrogen-bond donors (Lipinski definition) is 1. The molecule has 5 aliphatic rings. The Kier molecular flexibility index (Phi) is 6.80. The van der Waals surface area contributed by atoms with Crippen molar-refractivity contribution in [1.82, 2.24) is 14.9 Å². The summed E-state index contributed by atoms with van der Waals surface area (Å²) in [7, 11) is 0. The van der Waals surface area contributed by atoms with Crippen molar-refractivity contribution in [3.8, 4) is 12.1 Å². The average Bonchev–Trinajstić information content (AvgIpc) is 3.35. The fraction of sp³-hybridized carbons (Fsp3) is 0.645. The summed E-state index contributed by atoms with van der Waals surface area (Å²) in [6.07, 6.45) is 4.82. The van der Waals surface area contributed by atoms with Gasteiger partial charge in [0.2, 0.25) is 0 Å². The predicted octanol–water partition coefficient (Wildman–Crippen LogP) is 3.98. The standard InChI is InChI=1S/C31H39FN6O3/c1-20-6-8-31(27-22(20)4-5-25(34)23(27)16-33)15-26-24(18-41-31)28(37-9-3-12-39-13-11-37)36-29(35-26)40-19-30-7-2-10-38(30)17-21(32)14-30/h4-5,20-21H,2-3,6-15,17-19,34H2,1H3/t20-,21-,30+,31+/m1/s1. The molecule has 2 N–H and O–H groups in total. The van der Waals surface area contributed by atoms with Crippen LogP contribution in [0.15, 0.2) is 12.1 Å². The van der Waals surface area contributed by atoms with Crippen LogP contribution in [0.5, 0.6) is 6.01 Å². The number of ether oxygens (including phenoxy) is 3. The third kappa shape index (κ3) is 4.53. The second kappa shape index (κ2) is 10.4.